The standard InChI is InChI=1S/C12H19BrN4O2/c1-19-8-7-17-12(18)11(13)10(9-15-17)16-5-2-3-14-4-6-16/h9,14H,2-8H2,1H3. The lowest BCUT2D eigenvalue weighted by atomic mass is 10.3. The molecule has 1 saturated heterocycles. The zero-order chi connectivity index (χ0) is 13.7. The molecule has 106 valence electrons. The van der Waals surface area contributed by atoms with Crippen LogP contribution in [0.2, 0.25) is 0 Å². The molecule has 1 aromatic heterocycles. The maximum Gasteiger partial charge on any atom is 0.283 e. The van der Waals surface area contributed by atoms with Gasteiger partial charge >= 0.3 is 0 Å². The molecule has 1 aliphatic rings. The average Bonchev–Trinajstić information content (AvgIpc) is 2.69. The third kappa shape index (κ3) is 3.55. The van der Waals surface area contributed by atoms with Crippen molar-refractivity contribution in [3.8, 4) is 0 Å². The zero-order valence-electron chi connectivity index (χ0n) is 11.1. The summed E-state index contributed by atoms with van der Waals surface area (Å²) in [5, 5.41) is 7.56. The van der Waals surface area contributed by atoms with E-state index in [2.05, 4.69) is 31.2 Å². The highest BCUT2D eigenvalue weighted by atomic mass is 79.9. The Hall–Kier alpha value is -0.920. The van der Waals surface area contributed by atoms with Crippen LogP contribution in [0.1, 0.15) is 6.42 Å². The van der Waals surface area contributed by atoms with Gasteiger partial charge in [-0.05, 0) is 28.9 Å². The highest BCUT2D eigenvalue weighted by Crippen LogP contribution is 2.21. The molecule has 2 rings (SSSR count). The minimum absolute atomic E-state index is 0.105. The third-order valence-corrected chi connectivity index (χ3v) is 3.90. The van der Waals surface area contributed by atoms with E-state index in [1.807, 2.05) is 0 Å². The number of nitrogens with one attached hydrogen (secondary N) is 1. The van der Waals surface area contributed by atoms with Crippen LogP contribution in [0.15, 0.2) is 15.5 Å². The van der Waals surface area contributed by atoms with E-state index in [1.165, 1.54) is 4.68 Å². The van der Waals surface area contributed by atoms with Gasteiger partial charge in [-0.3, -0.25) is 4.79 Å². The highest BCUT2D eigenvalue weighted by Gasteiger charge is 2.16. The molecule has 6 nitrogen and oxygen atoms in total. The predicted molar refractivity (Wildman–Crippen MR) is 77.8 cm³/mol. The first-order chi connectivity index (χ1) is 9.24. The molecule has 1 aromatic rings. The van der Waals surface area contributed by atoms with Crippen molar-refractivity contribution in [2.24, 2.45) is 0 Å². The van der Waals surface area contributed by atoms with Gasteiger partial charge < -0.3 is 15.0 Å². The molecule has 1 aliphatic heterocycles. The Morgan fingerprint density at radius 3 is 3.11 bits per heavy atom. The lowest BCUT2D eigenvalue weighted by Crippen LogP contribution is -2.32. The number of anilines is 1. The van der Waals surface area contributed by atoms with E-state index in [-0.39, 0.29) is 5.56 Å². The van der Waals surface area contributed by atoms with Gasteiger partial charge in [0.15, 0.2) is 0 Å². The molecule has 0 radical (unpaired) electrons. The molecule has 0 atom stereocenters. The second-order valence-electron chi connectivity index (χ2n) is 4.46. The van der Waals surface area contributed by atoms with Crippen molar-refractivity contribution in [2.75, 3.05) is 44.8 Å². The number of hydrogen-bond acceptors (Lipinski definition) is 5. The normalized spacial score (nSPS) is 16.4. The summed E-state index contributed by atoms with van der Waals surface area (Å²) in [7, 11) is 1.61. The monoisotopic (exact) mass is 330 g/mol. The summed E-state index contributed by atoms with van der Waals surface area (Å²) >= 11 is 3.41. The second-order valence-corrected chi connectivity index (χ2v) is 5.25. The molecule has 0 spiro atoms. The maximum absolute atomic E-state index is 12.2. The van der Waals surface area contributed by atoms with Gasteiger partial charge in [-0.25, -0.2) is 4.68 Å². The molecule has 0 aliphatic carbocycles. The number of ether oxygens (including phenoxy) is 1. The van der Waals surface area contributed by atoms with Crippen LogP contribution in [0.4, 0.5) is 5.69 Å². The molecular formula is C12H19BrN4O2. The van der Waals surface area contributed by atoms with Crippen molar-refractivity contribution in [2.45, 2.75) is 13.0 Å². The molecule has 19 heavy (non-hydrogen) atoms. The van der Waals surface area contributed by atoms with E-state index in [0.29, 0.717) is 17.6 Å². The van der Waals surface area contributed by atoms with Gasteiger partial charge in [0.25, 0.3) is 5.56 Å². The lowest BCUT2D eigenvalue weighted by Gasteiger charge is -2.23. The minimum atomic E-state index is -0.105. The van der Waals surface area contributed by atoms with Gasteiger partial charge in [0.2, 0.25) is 0 Å². The van der Waals surface area contributed by atoms with Crippen molar-refractivity contribution in [1.29, 1.82) is 0 Å². The molecule has 2 heterocycles. The van der Waals surface area contributed by atoms with E-state index < -0.39 is 0 Å². The summed E-state index contributed by atoms with van der Waals surface area (Å²) < 4.78 is 6.98. The van der Waals surface area contributed by atoms with E-state index >= 15 is 0 Å². The van der Waals surface area contributed by atoms with Crippen LogP contribution in [0, 0.1) is 0 Å². The minimum Gasteiger partial charge on any atom is -0.383 e. The topological polar surface area (TPSA) is 59.4 Å². The number of aromatic nitrogens is 2. The molecule has 0 unspecified atom stereocenters. The van der Waals surface area contributed by atoms with Crippen LogP contribution in [0.3, 0.4) is 0 Å². The van der Waals surface area contributed by atoms with E-state index in [4.69, 9.17) is 4.74 Å². The third-order valence-electron chi connectivity index (χ3n) is 3.15. The van der Waals surface area contributed by atoms with Gasteiger partial charge in [0.1, 0.15) is 4.47 Å². The summed E-state index contributed by atoms with van der Waals surface area (Å²) in [6, 6.07) is 0. The molecule has 0 amide bonds. The molecule has 1 fully saturated rings. The van der Waals surface area contributed by atoms with E-state index in [9.17, 15) is 4.79 Å². The van der Waals surface area contributed by atoms with Crippen LogP contribution in [0.25, 0.3) is 0 Å². The fourth-order valence-corrected chi connectivity index (χ4v) is 2.66. The quantitative estimate of drug-likeness (QED) is 0.868. The zero-order valence-corrected chi connectivity index (χ0v) is 12.6. The van der Waals surface area contributed by atoms with Gasteiger partial charge in [-0.15, -0.1) is 0 Å². The summed E-state index contributed by atoms with van der Waals surface area (Å²) in [5.74, 6) is 0. The Balaban J connectivity index is 2.22. The number of rotatable bonds is 4. The molecule has 0 saturated carbocycles. The smallest absolute Gasteiger partial charge is 0.283 e. The predicted octanol–water partition coefficient (Wildman–Crippen LogP) is 0.452. The molecule has 1 N–H and O–H groups in total. The van der Waals surface area contributed by atoms with Crippen LogP contribution in [0.5, 0.6) is 0 Å². The first kappa shape index (κ1) is 14.5. The van der Waals surface area contributed by atoms with Gasteiger partial charge in [0.05, 0.1) is 25.0 Å². The average molecular weight is 331 g/mol. The van der Waals surface area contributed by atoms with E-state index in [1.54, 1.807) is 13.3 Å². The van der Waals surface area contributed by atoms with Crippen molar-refractivity contribution in [3.63, 3.8) is 0 Å². The summed E-state index contributed by atoms with van der Waals surface area (Å²) in [6.45, 7) is 4.73. The van der Waals surface area contributed by atoms with Gasteiger partial charge in [-0.1, -0.05) is 0 Å². The Morgan fingerprint density at radius 2 is 2.32 bits per heavy atom. The number of nitrogens with zero attached hydrogens (tertiary/aromatic N) is 3. The Kier molecular flexibility index (Phi) is 5.35. The largest absolute Gasteiger partial charge is 0.383 e. The van der Waals surface area contributed by atoms with Crippen LogP contribution in [-0.2, 0) is 11.3 Å². The number of methoxy groups -OCH3 is 1. The van der Waals surface area contributed by atoms with Crippen LogP contribution >= 0.6 is 15.9 Å². The fraction of sp³-hybridized carbons (Fsp3) is 0.667. The first-order valence-corrected chi connectivity index (χ1v) is 7.23. The molecule has 7 heteroatoms. The van der Waals surface area contributed by atoms with Gasteiger partial charge in [0, 0.05) is 26.7 Å². The Bertz CT molecular complexity index is 469. The van der Waals surface area contributed by atoms with Crippen molar-refractivity contribution >= 4 is 21.6 Å². The van der Waals surface area contributed by atoms with Crippen molar-refractivity contribution < 1.29 is 4.74 Å². The molecular weight excluding hydrogens is 312 g/mol. The first-order valence-electron chi connectivity index (χ1n) is 6.44. The summed E-state index contributed by atoms with van der Waals surface area (Å²) in [6.07, 6.45) is 2.83. The van der Waals surface area contributed by atoms with Crippen molar-refractivity contribution in [3.05, 3.63) is 21.0 Å². The SMILES string of the molecule is COCCn1ncc(N2CCCNCC2)c(Br)c1=O. The Morgan fingerprint density at radius 1 is 1.47 bits per heavy atom. The number of hydrogen-bond donors (Lipinski definition) is 1. The molecule has 0 aromatic carbocycles. The Labute approximate surface area is 120 Å². The van der Waals surface area contributed by atoms with Crippen molar-refractivity contribution in [1.82, 2.24) is 15.1 Å². The van der Waals surface area contributed by atoms with E-state index in [0.717, 1.165) is 38.3 Å². The fourth-order valence-electron chi connectivity index (χ4n) is 2.10. The summed E-state index contributed by atoms with van der Waals surface area (Å²) in [4.78, 5) is 14.4. The van der Waals surface area contributed by atoms with Gasteiger partial charge in [-0.2, -0.15) is 5.10 Å². The highest BCUT2D eigenvalue weighted by molar-refractivity contribution is 9.10. The van der Waals surface area contributed by atoms with Crippen LogP contribution < -0.4 is 15.8 Å². The lowest BCUT2D eigenvalue weighted by molar-refractivity contribution is 0.181. The molecule has 0 bridgehead atoms. The maximum atomic E-state index is 12.2. The second kappa shape index (κ2) is 7.02. The summed E-state index contributed by atoms with van der Waals surface area (Å²) in [5.41, 5.74) is 0.772. The van der Waals surface area contributed by atoms with Crippen LogP contribution in [-0.4, -0.2) is 49.7 Å². The number of halogens is 1.